The van der Waals surface area contributed by atoms with Gasteiger partial charge in [0.05, 0.1) is 11.7 Å². The Morgan fingerprint density at radius 2 is 1.88 bits per heavy atom. The Morgan fingerprint density at radius 3 is 2.65 bits per heavy atom. The molecule has 0 radical (unpaired) electrons. The van der Waals surface area contributed by atoms with Crippen LogP contribution in [0.1, 0.15) is 18.4 Å². The number of hydrogen-bond acceptors (Lipinski definition) is 6. The zero-order valence-corrected chi connectivity index (χ0v) is 19.8. The number of hydrogen-bond donors (Lipinski definition) is 0. The Balaban J connectivity index is 1.47. The number of ether oxygens (including phenoxy) is 1. The van der Waals surface area contributed by atoms with E-state index >= 15 is 0 Å². The number of fused-ring (bicyclic) bond motifs is 2. The molecular formula is C25H22N2O5S2. The fraction of sp³-hybridized carbons (Fsp3) is 0.200. The molecule has 7 nitrogen and oxygen atoms in total. The van der Waals surface area contributed by atoms with E-state index in [4.69, 9.17) is 4.74 Å². The van der Waals surface area contributed by atoms with Crippen LogP contribution >= 0.6 is 11.3 Å². The largest absolute Gasteiger partial charge is 0.444 e. The third-order valence-electron chi connectivity index (χ3n) is 6.04. The van der Waals surface area contributed by atoms with Gasteiger partial charge in [0, 0.05) is 27.6 Å². The lowest BCUT2D eigenvalue weighted by molar-refractivity contribution is -0.122. The topological polar surface area (TPSA) is 84.0 Å². The Morgan fingerprint density at radius 1 is 1.15 bits per heavy atom. The number of carbonyl (C=O) groups is 2. The van der Waals surface area contributed by atoms with E-state index in [1.807, 2.05) is 42.5 Å². The first kappa shape index (κ1) is 22.4. The first-order valence-corrected chi connectivity index (χ1v) is 13.1. The van der Waals surface area contributed by atoms with Crippen LogP contribution in [0.4, 0.5) is 4.79 Å². The molecule has 2 amide bonds. The zero-order chi connectivity index (χ0) is 23.9. The fourth-order valence-corrected chi connectivity index (χ4v) is 7.58. The van der Waals surface area contributed by atoms with E-state index in [0.717, 1.165) is 14.6 Å². The normalized spacial score (nSPS) is 18.0. The van der Waals surface area contributed by atoms with Crippen LogP contribution in [0.2, 0.25) is 0 Å². The van der Waals surface area contributed by atoms with Gasteiger partial charge < -0.3 is 4.74 Å². The van der Waals surface area contributed by atoms with E-state index in [1.54, 1.807) is 23.6 Å². The predicted molar refractivity (Wildman–Crippen MR) is 129 cm³/mol. The number of carbonyl (C=O) groups excluding carboxylic acids is 2. The van der Waals surface area contributed by atoms with Gasteiger partial charge in [-0.1, -0.05) is 54.6 Å². The summed E-state index contributed by atoms with van der Waals surface area (Å²) in [6, 6.07) is 15.7. The minimum absolute atomic E-state index is 0.0851. The summed E-state index contributed by atoms with van der Waals surface area (Å²) < 4.78 is 34.7. The van der Waals surface area contributed by atoms with Crippen molar-refractivity contribution >= 4 is 43.4 Å². The first-order chi connectivity index (χ1) is 16.4. The highest BCUT2D eigenvalue weighted by Crippen LogP contribution is 2.42. The van der Waals surface area contributed by atoms with Crippen LogP contribution in [0.5, 0.6) is 0 Å². The molecule has 0 saturated carbocycles. The molecule has 2 aliphatic rings. The highest BCUT2D eigenvalue weighted by Gasteiger charge is 2.52. The third-order valence-corrected chi connectivity index (χ3v) is 8.98. The highest BCUT2D eigenvalue weighted by molar-refractivity contribution is 7.90. The van der Waals surface area contributed by atoms with E-state index in [0.29, 0.717) is 17.5 Å². The van der Waals surface area contributed by atoms with E-state index in [1.165, 1.54) is 16.2 Å². The molecule has 0 spiro atoms. The minimum Gasteiger partial charge on any atom is -0.444 e. The van der Waals surface area contributed by atoms with Gasteiger partial charge >= 0.3 is 6.09 Å². The van der Waals surface area contributed by atoms with Gasteiger partial charge in [-0.15, -0.1) is 17.9 Å². The highest BCUT2D eigenvalue weighted by atomic mass is 32.2. The number of thiophene rings is 1. The van der Waals surface area contributed by atoms with Crippen molar-refractivity contribution in [3.63, 3.8) is 0 Å². The summed E-state index contributed by atoms with van der Waals surface area (Å²) in [6.07, 6.45) is 1.41. The van der Waals surface area contributed by atoms with Gasteiger partial charge in [-0.05, 0) is 24.5 Å². The molecule has 5 rings (SSSR count). The fourth-order valence-electron chi connectivity index (χ4n) is 4.52. The Bertz CT molecular complexity index is 1430. The molecule has 3 aromatic rings. The maximum atomic E-state index is 13.7. The monoisotopic (exact) mass is 494 g/mol. The van der Waals surface area contributed by atoms with Crippen LogP contribution in [-0.4, -0.2) is 42.2 Å². The lowest BCUT2D eigenvalue weighted by atomic mass is 10.1. The van der Waals surface area contributed by atoms with Gasteiger partial charge in [0.15, 0.2) is 0 Å². The Hall–Kier alpha value is -3.43. The van der Waals surface area contributed by atoms with Gasteiger partial charge in [0.1, 0.15) is 11.5 Å². The lowest BCUT2D eigenvalue weighted by Crippen LogP contribution is -2.40. The van der Waals surface area contributed by atoms with E-state index in [-0.39, 0.29) is 30.0 Å². The van der Waals surface area contributed by atoms with Gasteiger partial charge in [-0.3, -0.25) is 9.69 Å². The van der Waals surface area contributed by atoms with Crippen molar-refractivity contribution in [1.29, 1.82) is 0 Å². The van der Waals surface area contributed by atoms with Gasteiger partial charge in [-0.2, -0.15) is 0 Å². The summed E-state index contributed by atoms with van der Waals surface area (Å²) >= 11 is 1.32. The van der Waals surface area contributed by atoms with Crippen molar-refractivity contribution in [1.82, 2.24) is 9.21 Å². The van der Waals surface area contributed by atoms with Crippen LogP contribution in [0.15, 0.2) is 88.8 Å². The molecule has 3 heterocycles. The lowest BCUT2D eigenvalue weighted by Gasteiger charge is -2.23. The standard InChI is InChI=1S/C25H22N2O5S2/c1-2-8-19-23-20(13-14-26(23)25(29)32-15-17-9-4-3-5-10-17)27(24(19)28)34(30,31)22-16-33-21-12-7-6-11-18(21)22/h2-7,9-12,16,20H,1,8,13-15H2/t20-/m0/s1. The number of amides is 2. The summed E-state index contributed by atoms with van der Waals surface area (Å²) in [7, 11) is -4.14. The number of likely N-dealkylation sites (tertiary alicyclic amines) is 1. The smallest absolute Gasteiger partial charge is 0.414 e. The van der Waals surface area contributed by atoms with Crippen molar-refractivity contribution < 1.29 is 22.7 Å². The molecule has 0 bridgehead atoms. The van der Waals surface area contributed by atoms with Gasteiger partial charge in [0.25, 0.3) is 15.9 Å². The molecule has 174 valence electrons. The zero-order valence-electron chi connectivity index (χ0n) is 18.2. The second-order valence-electron chi connectivity index (χ2n) is 8.06. The van der Waals surface area contributed by atoms with E-state index in [9.17, 15) is 18.0 Å². The molecule has 2 aromatic carbocycles. The average Bonchev–Trinajstić information content (AvgIpc) is 3.53. The maximum Gasteiger partial charge on any atom is 0.414 e. The van der Waals surface area contributed by atoms with Crippen LogP contribution in [0.25, 0.3) is 10.1 Å². The van der Waals surface area contributed by atoms with Gasteiger partial charge in [-0.25, -0.2) is 17.5 Å². The predicted octanol–water partition coefficient (Wildman–Crippen LogP) is 4.67. The van der Waals surface area contributed by atoms with Crippen LogP contribution < -0.4 is 0 Å². The molecule has 2 aliphatic heterocycles. The molecule has 1 atom stereocenters. The number of allylic oxidation sites excluding steroid dienone is 1. The molecule has 0 unspecified atom stereocenters. The molecule has 1 fully saturated rings. The molecular weight excluding hydrogens is 472 g/mol. The third kappa shape index (κ3) is 3.61. The molecule has 9 heteroatoms. The van der Waals surface area contributed by atoms with Crippen LogP contribution in [-0.2, 0) is 26.2 Å². The molecule has 1 saturated heterocycles. The van der Waals surface area contributed by atoms with Crippen molar-refractivity contribution in [2.75, 3.05) is 6.54 Å². The second kappa shape index (κ2) is 8.73. The average molecular weight is 495 g/mol. The summed E-state index contributed by atoms with van der Waals surface area (Å²) in [4.78, 5) is 27.8. The van der Waals surface area contributed by atoms with Crippen molar-refractivity contribution in [3.05, 3.63) is 89.5 Å². The molecule has 0 aliphatic carbocycles. The summed E-state index contributed by atoms with van der Waals surface area (Å²) in [5.41, 5.74) is 1.49. The summed E-state index contributed by atoms with van der Waals surface area (Å²) in [5.74, 6) is -0.615. The number of nitrogens with zero attached hydrogens (tertiary/aromatic N) is 2. The van der Waals surface area contributed by atoms with Crippen molar-refractivity contribution in [2.45, 2.75) is 30.4 Å². The SMILES string of the molecule is C=CCC1=C2[C@H](CCN2C(=O)OCc2ccccc2)N(S(=O)(=O)c2csc3ccccc23)C1=O. The van der Waals surface area contributed by atoms with Crippen LogP contribution in [0.3, 0.4) is 0 Å². The van der Waals surface area contributed by atoms with E-state index < -0.39 is 28.1 Å². The van der Waals surface area contributed by atoms with E-state index in [2.05, 4.69) is 6.58 Å². The summed E-state index contributed by atoms with van der Waals surface area (Å²) in [6.45, 7) is 4.06. The molecule has 1 aromatic heterocycles. The minimum atomic E-state index is -4.14. The van der Waals surface area contributed by atoms with Crippen LogP contribution in [0, 0.1) is 0 Å². The molecule has 0 N–H and O–H groups in total. The number of benzene rings is 2. The quantitative estimate of drug-likeness (QED) is 0.465. The number of sulfonamides is 1. The summed E-state index contributed by atoms with van der Waals surface area (Å²) in [5, 5.41) is 2.15. The second-order valence-corrected chi connectivity index (χ2v) is 10.7. The maximum absolute atomic E-state index is 13.7. The Kier molecular flexibility index (Phi) is 5.75. The first-order valence-electron chi connectivity index (χ1n) is 10.8. The number of rotatable bonds is 6. The van der Waals surface area contributed by atoms with Crippen molar-refractivity contribution in [3.8, 4) is 0 Å². The van der Waals surface area contributed by atoms with Gasteiger partial charge in [0.2, 0.25) is 0 Å². The van der Waals surface area contributed by atoms with Crippen molar-refractivity contribution in [2.24, 2.45) is 0 Å². The Labute approximate surface area is 201 Å². The molecule has 34 heavy (non-hydrogen) atoms.